The smallest absolute Gasteiger partial charge is 0.259 e. The summed E-state index contributed by atoms with van der Waals surface area (Å²) in [4.78, 5) is 23.0. The van der Waals surface area contributed by atoms with Gasteiger partial charge in [0.05, 0.1) is 10.9 Å². The second-order valence-electron chi connectivity index (χ2n) is 3.82. The van der Waals surface area contributed by atoms with Crippen molar-refractivity contribution < 1.29 is 0 Å². The number of fused-ring (bicyclic) bond motifs is 1. The third kappa shape index (κ3) is 1.87. The molecule has 0 aliphatic carbocycles. The first-order chi connectivity index (χ1) is 8.74. The number of aromatic amines is 1. The van der Waals surface area contributed by atoms with Crippen LogP contribution in [0.5, 0.6) is 0 Å². The highest BCUT2D eigenvalue weighted by molar-refractivity contribution is 6.31. The predicted octanol–water partition coefficient (Wildman–Crippen LogP) is 2.64. The zero-order chi connectivity index (χ0) is 12.5. The van der Waals surface area contributed by atoms with Gasteiger partial charge in [-0.3, -0.25) is 9.78 Å². The zero-order valence-electron chi connectivity index (χ0n) is 9.22. The number of halogens is 1. The molecule has 0 saturated heterocycles. The molecule has 4 nitrogen and oxygen atoms in total. The molecule has 0 unspecified atom stereocenters. The molecule has 0 aliphatic heterocycles. The largest absolute Gasteiger partial charge is 0.306 e. The van der Waals surface area contributed by atoms with E-state index >= 15 is 0 Å². The van der Waals surface area contributed by atoms with Crippen LogP contribution in [0.1, 0.15) is 0 Å². The van der Waals surface area contributed by atoms with Crippen molar-refractivity contribution in [1.29, 1.82) is 0 Å². The van der Waals surface area contributed by atoms with Gasteiger partial charge in [0.25, 0.3) is 5.56 Å². The quantitative estimate of drug-likeness (QED) is 0.729. The zero-order valence-corrected chi connectivity index (χ0v) is 9.98. The molecular weight excluding hydrogens is 250 g/mol. The molecule has 5 heteroatoms. The molecule has 0 spiro atoms. The molecule has 0 atom stereocenters. The molecule has 3 aromatic rings. The number of hydrogen-bond donors (Lipinski definition) is 1. The van der Waals surface area contributed by atoms with Gasteiger partial charge in [0.1, 0.15) is 5.82 Å². The molecule has 0 saturated carbocycles. The van der Waals surface area contributed by atoms with Gasteiger partial charge in [-0.15, -0.1) is 0 Å². The van der Waals surface area contributed by atoms with Gasteiger partial charge < -0.3 is 4.98 Å². The van der Waals surface area contributed by atoms with Crippen LogP contribution in [0, 0.1) is 0 Å². The highest BCUT2D eigenvalue weighted by atomic mass is 35.5. The van der Waals surface area contributed by atoms with E-state index in [1.807, 2.05) is 6.07 Å². The molecule has 0 radical (unpaired) electrons. The SMILES string of the molecule is O=c1[nH]c(-c2cccnc2)nc2cc(Cl)ccc12. The third-order valence-corrected chi connectivity index (χ3v) is 2.84. The highest BCUT2D eigenvalue weighted by Crippen LogP contribution is 2.18. The van der Waals surface area contributed by atoms with Crippen molar-refractivity contribution in [2.24, 2.45) is 0 Å². The minimum absolute atomic E-state index is 0.185. The average Bonchev–Trinajstić information content (AvgIpc) is 2.39. The third-order valence-electron chi connectivity index (χ3n) is 2.60. The molecule has 1 N–H and O–H groups in total. The van der Waals surface area contributed by atoms with E-state index < -0.39 is 0 Å². The predicted molar refractivity (Wildman–Crippen MR) is 70.6 cm³/mol. The number of benzene rings is 1. The Morgan fingerprint density at radius 3 is 2.89 bits per heavy atom. The topological polar surface area (TPSA) is 58.6 Å². The Morgan fingerprint density at radius 1 is 1.22 bits per heavy atom. The van der Waals surface area contributed by atoms with E-state index in [-0.39, 0.29) is 5.56 Å². The van der Waals surface area contributed by atoms with Crippen molar-refractivity contribution in [1.82, 2.24) is 15.0 Å². The van der Waals surface area contributed by atoms with Gasteiger partial charge in [-0.1, -0.05) is 11.6 Å². The number of nitrogens with one attached hydrogen (secondary N) is 1. The van der Waals surface area contributed by atoms with Gasteiger partial charge in [-0.2, -0.15) is 0 Å². The Bertz CT molecular complexity index is 768. The minimum Gasteiger partial charge on any atom is -0.306 e. The Morgan fingerprint density at radius 2 is 2.11 bits per heavy atom. The minimum atomic E-state index is -0.185. The van der Waals surface area contributed by atoms with Crippen molar-refractivity contribution in [3.63, 3.8) is 0 Å². The van der Waals surface area contributed by atoms with E-state index in [0.717, 1.165) is 5.56 Å². The first-order valence-corrected chi connectivity index (χ1v) is 5.72. The molecule has 3 rings (SSSR count). The Kier molecular flexibility index (Phi) is 2.57. The van der Waals surface area contributed by atoms with Crippen LogP contribution in [-0.4, -0.2) is 15.0 Å². The maximum atomic E-state index is 11.9. The molecule has 0 fully saturated rings. The van der Waals surface area contributed by atoms with E-state index in [2.05, 4.69) is 15.0 Å². The maximum Gasteiger partial charge on any atom is 0.259 e. The Hall–Kier alpha value is -2.20. The van der Waals surface area contributed by atoms with Crippen LogP contribution < -0.4 is 5.56 Å². The number of hydrogen-bond acceptors (Lipinski definition) is 3. The van der Waals surface area contributed by atoms with E-state index in [4.69, 9.17) is 11.6 Å². The van der Waals surface area contributed by atoms with Crippen molar-refractivity contribution in [3.8, 4) is 11.4 Å². The fraction of sp³-hybridized carbons (Fsp3) is 0. The molecule has 2 aromatic heterocycles. The molecule has 18 heavy (non-hydrogen) atoms. The summed E-state index contributed by atoms with van der Waals surface area (Å²) >= 11 is 5.90. The van der Waals surface area contributed by atoms with Crippen molar-refractivity contribution in [3.05, 3.63) is 58.1 Å². The normalized spacial score (nSPS) is 10.7. The molecule has 1 aromatic carbocycles. The number of H-pyrrole nitrogens is 1. The molecule has 2 heterocycles. The molecular formula is C13H8ClN3O. The summed E-state index contributed by atoms with van der Waals surface area (Å²) in [6, 6.07) is 8.63. The fourth-order valence-electron chi connectivity index (χ4n) is 1.75. The van der Waals surface area contributed by atoms with Crippen LogP contribution in [0.2, 0.25) is 5.02 Å². The van der Waals surface area contributed by atoms with Gasteiger partial charge in [-0.25, -0.2) is 4.98 Å². The average molecular weight is 258 g/mol. The molecule has 0 amide bonds. The van der Waals surface area contributed by atoms with Crippen LogP contribution in [0.4, 0.5) is 0 Å². The molecule has 0 aliphatic rings. The lowest BCUT2D eigenvalue weighted by atomic mass is 10.2. The van der Waals surface area contributed by atoms with Gasteiger partial charge >= 0.3 is 0 Å². The fourth-order valence-corrected chi connectivity index (χ4v) is 1.92. The first-order valence-electron chi connectivity index (χ1n) is 5.34. The standard InChI is InChI=1S/C13H8ClN3O/c14-9-3-4-10-11(6-9)16-12(17-13(10)18)8-2-1-5-15-7-8/h1-7H,(H,16,17,18). The van der Waals surface area contributed by atoms with E-state index in [0.29, 0.717) is 21.7 Å². The lowest BCUT2D eigenvalue weighted by Crippen LogP contribution is -2.09. The summed E-state index contributed by atoms with van der Waals surface area (Å²) in [5.74, 6) is 0.489. The summed E-state index contributed by atoms with van der Waals surface area (Å²) in [6.45, 7) is 0. The summed E-state index contributed by atoms with van der Waals surface area (Å²) in [5.41, 5.74) is 1.15. The number of pyridine rings is 1. The summed E-state index contributed by atoms with van der Waals surface area (Å²) in [6.07, 6.45) is 3.31. The van der Waals surface area contributed by atoms with E-state index in [1.54, 1.807) is 36.7 Å². The Balaban J connectivity index is 2.30. The second kappa shape index (κ2) is 4.23. The summed E-state index contributed by atoms with van der Waals surface area (Å²) < 4.78 is 0. The van der Waals surface area contributed by atoms with Gasteiger partial charge in [0, 0.05) is 23.0 Å². The van der Waals surface area contributed by atoms with Crippen LogP contribution in [0.3, 0.4) is 0 Å². The van der Waals surface area contributed by atoms with Crippen molar-refractivity contribution >= 4 is 22.5 Å². The number of aromatic nitrogens is 3. The van der Waals surface area contributed by atoms with Crippen LogP contribution in [0.15, 0.2) is 47.5 Å². The van der Waals surface area contributed by atoms with Crippen LogP contribution in [-0.2, 0) is 0 Å². The van der Waals surface area contributed by atoms with Crippen LogP contribution >= 0.6 is 11.6 Å². The van der Waals surface area contributed by atoms with Gasteiger partial charge in [-0.05, 0) is 30.3 Å². The highest BCUT2D eigenvalue weighted by Gasteiger charge is 2.06. The molecule has 88 valence electrons. The van der Waals surface area contributed by atoms with Gasteiger partial charge in [0.2, 0.25) is 0 Å². The van der Waals surface area contributed by atoms with Crippen molar-refractivity contribution in [2.75, 3.05) is 0 Å². The Labute approximate surface area is 107 Å². The monoisotopic (exact) mass is 257 g/mol. The number of rotatable bonds is 1. The lowest BCUT2D eigenvalue weighted by Gasteiger charge is -2.02. The lowest BCUT2D eigenvalue weighted by molar-refractivity contribution is 1.17. The van der Waals surface area contributed by atoms with E-state index in [1.165, 1.54) is 0 Å². The van der Waals surface area contributed by atoms with Crippen molar-refractivity contribution in [2.45, 2.75) is 0 Å². The van der Waals surface area contributed by atoms with Gasteiger partial charge in [0.15, 0.2) is 0 Å². The molecule has 0 bridgehead atoms. The van der Waals surface area contributed by atoms with E-state index in [9.17, 15) is 4.79 Å². The number of nitrogens with zero attached hydrogens (tertiary/aromatic N) is 2. The first kappa shape index (κ1) is 10.9. The second-order valence-corrected chi connectivity index (χ2v) is 4.25. The maximum absolute atomic E-state index is 11.9. The summed E-state index contributed by atoms with van der Waals surface area (Å²) in [7, 11) is 0. The summed E-state index contributed by atoms with van der Waals surface area (Å²) in [5, 5.41) is 1.07. The van der Waals surface area contributed by atoms with Crippen LogP contribution in [0.25, 0.3) is 22.3 Å².